The minimum absolute atomic E-state index is 0.140. The molecule has 0 spiro atoms. The predicted molar refractivity (Wildman–Crippen MR) is 77.5 cm³/mol. The number of rotatable bonds is 4. The fourth-order valence-corrected chi connectivity index (χ4v) is 2.66. The van der Waals surface area contributed by atoms with Crippen LogP contribution >= 0.6 is 31.9 Å². The summed E-state index contributed by atoms with van der Waals surface area (Å²) in [4.78, 5) is 0. The van der Waals surface area contributed by atoms with Gasteiger partial charge in [0.15, 0.2) is 0 Å². The molecule has 0 aromatic heterocycles. The van der Waals surface area contributed by atoms with E-state index in [1.807, 2.05) is 32.9 Å². The van der Waals surface area contributed by atoms with Crippen molar-refractivity contribution in [2.75, 3.05) is 18.9 Å². The predicted octanol–water partition coefficient (Wildman–Crippen LogP) is 3.99. The average Bonchev–Trinajstić information content (AvgIpc) is 2.13. The first-order valence-electron chi connectivity index (χ1n) is 5.31. The molecule has 0 bridgehead atoms. The molecule has 0 atom stereocenters. The fraction of sp³-hybridized carbons (Fsp3) is 0.500. The molecule has 0 aliphatic carbocycles. The van der Waals surface area contributed by atoms with E-state index in [1.165, 1.54) is 0 Å². The summed E-state index contributed by atoms with van der Waals surface area (Å²) in [6.45, 7) is 7.09. The molecule has 1 rings (SSSR count). The van der Waals surface area contributed by atoms with Crippen molar-refractivity contribution in [2.45, 2.75) is 26.4 Å². The number of halogens is 2. The van der Waals surface area contributed by atoms with Gasteiger partial charge in [-0.25, -0.2) is 0 Å². The largest absolute Gasteiger partial charge is 0.489 e. The third-order valence-corrected chi connectivity index (χ3v) is 3.06. The Kier molecular flexibility index (Phi) is 5.28. The molecule has 0 saturated heterocycles. The van der Waals surface area contributed by atoms with Gasteiger partial charge in [-0.3, -0.25) is 0 Å². The summed E-state index contributed by atoms with van der Waals surface area (Å²) in [6.07, 6.45) is 0. The molecule has 2 N–H and O–H groups in total. The van der Waals surface area contributed by atoms with E-state index in [1.54, 1.807) is 0 Å². The first kappa shape index (κ1) is 14.8. The number of hydrogen-bond acceptors (Lipinski definition) is 3. The van der Waals surface area contributed by atoms with Crippen LogP contribution < -0.4 is 10.5 Å². The van der Waals surface area contributed by atoms with Crippen LogP contribution in [-0.4, -0.2) is 18.8 Å². The maximum atomic E-state index is 5.70. The van der Waals surface area contributed by atoms with Gasteiger partial charge in [-0.2, -0.15) is 0 Å². The summed E-state index contributed by atoms with van der Waals surface area (Å²) in [6, 6.07) is 3.62. The smallest absolute Gasteiger partial charge is 0.147 e. The zero-order valence-electron chi connectivity index (χ0n) is 10.2. The molecule has 17 heavy (non-hydrogen) atoms. The zero-order valence-corrected chi connectivity index (χ0v) is 13.4. The van der Waals surface area contributed by atoms with Crippen LogP contribution in [0, 0.1) is 0 Å². The normalized spacial score (nSPS) is 11.6. The summed E-state index contributed by atoms with van der Waals surface area (Å²) in [5.41, 5.74) is 6.24. The van der Waals surface area contributed by atoms with Crippen LogP contribution in [0.25, 0.3) is 0 Å². The van der Waals surface area contributed by atoms with Crippen molar-refractivity contribution in [1.29, 1.82) is 0 Å². The highest BCUT2D eigenvalue weighted by Crippen LogP contribution is 2.35. The molecule has 0 fully saturated rings. The van der Waals surface area contributed by atoms with Crippen molar-refractivity contribution >= 4 is 37.5 Å². The highest BCUT2D eigenvalue weighted by atomic mass is 79.9. The van der Waals surface area contributed by atoms with E-state index in [0.717, 1.165) is 14.7 Å². The van der Waals surface area contributed by atoms with Gasteiger partial charge >= 0.3 is 0 Å². The molecule has 0 saturated carbocycles. The third-order valence-electron chi connectivity index (χ3n) is 1.89. The van der Waals surface area contributed by atoms with Crippen LogP contribution in [-0.2, 0) is 4.74 Å². The minimum Gasteiger partial charge on any atom is -0.489 e. The van der Waals surface area contributed by atoms with Crippen LogP contribution in [0.2, 0.25) is 0 Å². The maximum Gasteiger partial charge on any atom is 0.147 e. The fourth-order valence-electron chi connectivity index (χ4n) is 1.21. The Hall–Kier alpha value is -0.260. The number of benzene rings is 1. The van der Waals surface area contributed by atoms with Gasteiger partial charge in [-0.15, -0.1) is 0 Å². The van der Waals surface area contributed by atoms with Crippen LogP contribution in [0.3, 0.4) is 0 Å². The summed E-state index contributed by atoms with van der Waals surface area (Å²) in [5.74, 6) is 0.747. The molecular weight excluding hydrogens is 350 g/mol. The SMILES string of the molecule is CC(C)(C)OCCOc1c(Br)cc(N)cc1Br. The van der Waals surface area contributed by atoms with Crippen LogP contribution in [0.15, 0.2) is 21.1 Å². The van der Waals surface area contributed by atoms with E-state index < -0.39 is 0 Å². The molecule has 0 unspecified atom stereocenters. The number of nitrogens with two attached hydrogens (primary N) is 1. The van der Waals surface area contributed by atoms with Crippen LogP contribution in [0.5, 0.6) is 5.75 Å². The lowest BCUT2D eigenvalue weighted by atomic mass is 10.2. The lowest BCUT2D eigenvalue weighted by Gasteiger charge is -2.20. The standard InChI is InChI=1S/C12H17Br2NO2/c1-12(2,3)17-5-4-16-11-9(13)6-8(15)7-10(11)14/h6-7H,4-5,15H2,1-3H3. The van der Waals surface area contributed by atoms with E-state index >= 15 is 0 Å². The molecule has 3 nitrogen and oxygen atoms in total. The van der Waals surface area contributed by atoms with Gasteiger partial charge in [0.25, 0.3) is 0 Å². The van der Waals surface area contributed by atoms with Crippen LogP contribution in [0.4, 0.5) is 5.69 Å². The Labute approximate surface area is 119 Å². The summed E-state index contributed by atoms with van der Waals surface area (Å²) in [5, 5.41) is 0. The van der Waals surface area contributed by atoms with Gasteiger partial charge in [-0.05, 0) is 64.8 Å². The Balaban J connectivity index is 2.53. The molecule has 1 aromatic carbocycles. The topological polar surface area (TPSA) is 44.5 Å². The van der Waals surface area contributed by atoms with Crippen molar-refractivity contribution in [3.8, 4) is 5.75 Å². The summed E-state index contributed by atoms with van der Waals surface area (Å²) in [7, 11) is 0. The molecular formula is C12H17Br2NO2. The van der Waals surface area contributed by atoms with E-state index in [0.29, 0.717) is 18.9 Å². The highest BCUT2D eigenvalue weighted by Gasteiger charge is 2.11. The highest BCUT2D eigenvalue weighted by molar-refractivity contribution is 9.11. The molecule has 0 aliphatic rings. The molecule has 96 valence electrons. The second-order valence-corrected chi connectivity index (χ2v) is 6.33. The average molecular weight is 367 g/mol. The number of ether oxygens (including phenoxy) is 2. The number of nitrogen functional groups attached to an aromatic ring is 1. The van der Waals surface area contributed by atoms with Gasteiger partial charge in [-0.1, -0.05) is 0 Å². The molecule has 0 radical (unpaired) electrons. The molecule has 5 heteroatoms. The lowest BCUT2D eigenvalue weighted by Crippen LogP contribution is -2.22. The van der Waals surface area contributed by atoms with E-state index in [-0.39, 0.29) is 5.60 Å². The van der Waals surface area contributed by atoms with Crippen molar-refractivity contribution in [3.63, 3.8) is 0 Å². The molecule has 1 aromatic rings. The minimum atomic E-state index is -0.140. The van der Waals surface area contributed by atoms with Gasteiger partial charge in [0.1, 0.15) is 12.4 Å². The van der Waals surface area contributed by atoms with Crippen molar-refractivity contribution in [1.82, 2.24) is 0 Å². The Morgan fingerprint density at radius 3 is 2.12 bits per heavy atom. The van der Waals surface area contributed by atoms with Gasteiger partial charge in [0, 0.05) is 5.69 Å². The van der Waals surface area contributed by atoms with Gasteiger partial charge in [0.05, 0.1) is 21.2 Å². The Bertz CT molecular complexity index is 366. The lowest BCUT2D eigenvalue weighted by molar-refractivity contribution is -0.0164. The first-order valence-corrected chi connectivity index (χ1v) is 6.89. The van der Waals surface area contributed by atoms with E-state index in [9.17, 15) is 0 Å². The first-order chi connectivity index (χ1) is 7.79. The second-order valence-electron chi connectivity index (χ2n) is 4.62. The monoisotopic (exact) mass is 365 g/mol. The number of hydrogen-bond donors (Lipinski definition) is 1. The van der Waals surface area contributed by atoms with E-state index in [4.69, 9.17) is 15.2 Å². The van der Waals surface area contributed by atoms with Crippen molar-refractivity contribution in [2.24, 2.45) is 0 Å². The summed E-state index contributed by atoms with van der Waals surface area (Å²) >= 11 is 6.83. The van der Waals surface area contributed by atoms with Crippen molar-refractivity contribution in [3.05, 3.63) is 21.1 Å². The molecule has 0 aliphatic heterocycles. The van der Waals surface area contributed by atoms with Gasteiger partial charge < -0.3 is 15.2 Å². The number of anilines is 1. The maximum absolute atomic E-state index is 5.70. The second kappa shape index (κ2) is 6.07. The molecule has 0 amide bonds. The van der Waals surface area contributed by atoms with Crippen LogP contribution in [0.1, 0.15) is 20.8 Å². The van der Waals surface area contributed by atoms with Gasteiger partial charge in [0.2, 0.25) is 0 Å². The Morgan fingerprint density at radius 1 is 1.12 bits per heavy atom. The van der Waals surface area contributed by atoms with E-state index in [2.05, 4.69) is 31.9 Å². The summed E-state index contributed by atoms with van der Waals surface area (Å²) < 4.78 is 12.9. The quantitative estimate of drug-likeness (QED) is 0.647. The zero-order chi connectivity index (χ0) is 13.1. The van der Waals surface area contributed by atoms with Crippen molar-refractivity contribution < 1.29 is 9.47 Å². The molecule has 0 heterocycles. The Morgan fingerprint density at radius 2 is 1.65 bits per heavy atom. The third kappa shape index (κ3) is 5.27.